The molecule has 0 saturated heterocycles. The number of hydrogen-bond acceptors (Lipinski definition) is 4. The molecular weight excluding hydrogens is 148 g/mol. The first-order valence-electron chi connectivity index (χ1n) is 3.34. The molecule has 2 atom stereocenters. The third-order valence-corrected chi connectivity index (χ3v) is 1.82. The molecule has 1 aliphatic rings. The smallest absolute Gasteiger partial charge is 0.190 e. The van der Waals surface area contributed by atoms with Crippen LogP contribution in [0.15, 0.2) is 11.3 Å². The number of ketones is 1. The number of aliphatic hydroxyl groups excluding tert-OH is 3. The molecule has 1 rings (SSSR count). The van der Waals surface area contributed by atoms with Crippen molar-refractivity contribution in [2.24, 2.45) is 0 Å². The zero-order valence-corrected chi connectivity index (χ0v) is 6.11. The van der Waals surface area contributed by atoms with E-state index in [1.807, 2.05) is 0 Å². The summed E-state index contributed by atoms with van der Waals surface area (Å²) in [4.78, 5) is 10.9. The van der Waals surface area contributed by atoms with E-state index in [4.69, 9.17) is 15.3 Å². The summed E-state index contributed by atoms with van der Waals surface area (Å²) in [5, 5.41) is 27.0. The Morgan fingerprint density at radius 3 is 2.45 bits per heavy atom. The van der Waals surface area contributed by atoms with E-state index in [1.165, 1.54) is 6.92 Å². The minimum Gasteiger partial charge on any atom is -0.509 e. The van der Waals surface area contributed by atoms with Crippen LogP contribution >= 0.6 is 0 Å². The third-order valence-electron chi connectivity index (χ3n) is 1.82. The predicted molar refractivity (Wildman–Crippen MR) is 37.0 cm³/mol. The average molecular weight is 158 g/mol. The molecule has 0 radical (unpaired) electrons. The van der Waals surface area contributed by atoms with Gasteiger partial charge in [0.05, 0.1) is 0 Å². The van der Waals surface area contributed by atoms with Gasteiger partial charge in [-0.2, -0.15) is 0 Å². The van der Waals surface area contributed by atoms with Crippen molar-refractivity contribution < 1.29 is 20.1 Å². The van der Waals surface area contributed by atoms with Crippen molar-refractivity contribution in [1.29, 1.82) is 0 Å². The quantitative estimate of drug-likeness (QED) is 0.444. The van der Waals surface area contributed by atoms with Crippen LogP contribution in [0.1, 0.15) is 13.3 Å². The minimum atomic E-state index is -1.17. The van der Waals surface area contributed by atoms with Crippen molar-refractivity contribution in [2.45, 2.75) is 25.6 Å². The monoisotopic (exact) mass is 158 g/mol. The third kappa shape index (κ3) is 1.27. The van der Waals surface area contributed by atoms with Crippen LogP contribution in [0.3, 0.4) is 0 Å². The molecule has 4 heteroatoms. The van der Waals surface area contributed by atoms with Gasteiger partial charge in [-0.1, -0.05) is 0 Å². The summed E-state index contributed by atoms with van der Waals surface area (Å²) < 4.78 is 0. The lowest BCUT2D eigenvalue weighted by atomic mass is 9.93. The van der Waals surface area contributed by atoms with Crippen molar-refractivity contribution in [2.75, 3.05) is 0 Å². The van der Waals surface area contributed by atoms with Gasteiger partial charge in [-0.15, -0.1) is 0 Å². The molecule has 0 aromatic carbocycles. The maximum absolute atomic E-state index is 10.9. The van der Waals surface area contributed by atoms with E-state index in [1.54, 1.807) is 0 Å². The fraction of sp³-hybridized carbons (Fsp3) is 0.571. The van der Waals surface area contributed by atoms with Gasteiger partial charge in [0, 0.05) is 12.0 Å². The van der Waals surface area contributed by atoms with Crippen LogP contribution < -0.4 is 0 Å². The standard InChI is InChI=1S/C7H10O4/c1-3-6(10)4(8)2-5(9)7(3)11/h4-5,8-10H,2H2,1H3/t4-,5-/m0/s1. The number of carbonyl (C=O) groups is 1. The van der Waals surface area contributed by atoms with Crippen molar-refractivity contribution in [3.63, 3.8) is 0 Å². The number of Topliss-reactive ketones (excluding diaryl/α,β-unsaturated/α-hetero) is 1. The van der Waals surface area contributed by atoms with Crippen molar-refractivity contribution in [3.8, 4) is 0 Å². The maximum atomic E-state index is 10.9. The molecule has 1 aliphatic carbocycles. The topological polar surface area (TPSA) is 77.8 Å². The first kappa shape index (κ1) is 8.23. The van der Waals surface area contributed by atoms with Gasteiger partial charge in [0.1, 0.15) is 18.0 Å². The Bertz CT molecular complexity index is 218. The van der Waals surface area contributed by atoms with Crippen LogP contribution in [0.5, 0.6) is 0 Å². The molecule has 0 spiro atoms. The van der Waals surface area contributed by atoms with Crippen LogP contribution in [0.2, 0.25) is 0 Å². The van der Waals surface area contributed by atoms with E-state index in [2.05, 4.69) is 0 Å². The zero-order valence-electron chi connectivity index (χ0n) is 6.11. The summed E-state index contributed by atoms with van der Waals surface area (Å²) in [6.45, 7) is 1.38. The Morgan fingerprint density at radius 2 is 1.91 bits per heavy atom. The average Bonchev–Trinajstić information content (AvgIpc) is 1.97. The Kier molecular flexibility index (Phi) is 1.97. The van der Waals surface area contributed by atoms with Gasteiger partial charge in [0.25, 0.3) is 0 Å². The van der Waals surface area contributed by atoms with Gasteiger partial charge < -0.3 is 15.3 Å². The van der Waals surface area contributed by atoms with Gasteiger partial charge >= 0.3 is 0 Å². The molecule has 3 N–H and O–H groups in total. The lowest BCUT2D eigenvalue weighted by Crippen LogP contribution is -2.34. The van der Waals surface area contributed by atoms with Gasteiger partial charge in [0.2, 0.25) is 0 Å². The normalized spacial score (nSPS) is 32.8. The van der Waals surface area contributed by atoms with Gasteiger partial charge in [0.15, 0.2) is 5.78 Å². The molecule has 11 heavy (non-hydrogen) atoms. The highest BCUT2D eigenvalue weighted by atomic mass is 16.3. The van der Waals surface area contributed by atoms with E-state index >= 15 is 0 Å². The Morgan fingerprint density at radius 1 is 1.36 bits per heavy atom. The van der Waals surface area contributed by atoms with Crippen LogP contribution in [0.25, 0.3) is 0 Å². The SMILES string of the molecule is CC1=C(O)[C@@H](O)C[C@H](O)C1=O. The van der Waals surface area contributed by atoms with Crippen molar-refractivity contribution in [1.82, 2.24) is 0 Å². The van der Waals surface area contributed by atoms with Crippen molar-refractivity contribution >= 4 is 5.78 Å². The first-order chi connectivity index (χ1) is 5.04. The number of aliphatic hydroxyl groups is 3. The predicted octanol–water partition coefficient (Wildman–Crippen LogP) is -0.487. The molecule has 0 aliphatic heterocycles. The Balaban J connectivity index is 2.98. The second-order valence-corrected chi connectivity index (χ2v) is 2.64. The second-order valence-electron chi connectivity index (χ2n) is 2.64. The summed E-state index contributed by atoms with van der Waals surface area (Å²) in [7, 11) is 0. The van der Waals surface area contributed by atoms with E-state index in [0.29, 0.717) is 0 Å². The molecule has 0 unspecified atom stereocenters. The highest BCUT2D eigenvalue weighted by Gasteiger charge is 2.31. The molecule has 0 saturated carbocycles. The summed E-state index contributed by atoms with van der Waals surface area (Å²) >= 11 is 0. The highest BCUT2D eigenvalue weighted by Crippen LogP contribution is 2.20. The fourth-order valence-corrected chi connectivity index (χ4v) is 1.06. The number of rotatable bonds is 0. The molecule has 0 heterocycles. The van der Waals surface area contributed by atoms with Gasteiger partial charge in [-0.25, -0.2) is 0 Å². The Hall–Kier alpha value is -0.870. The summed E-state index contributed by atoms with van der Waals surface area (Å²) in [5.74, 6) is -0.826. The summed E-state index contributed by atoms with van der Waals surface area (Å²) in [5.41, 5.74) is 0.0521. The fourth-order valence-electron chi connectivity index (χ4n) is 1.06. The van der Waals surface area contributed by atoms with Crippen molar-refractivity contribution in [3.05, 3.63) is 11.3 Å². The molecule has 0 aromatic rings. The highest BCUT2D eigenvalue weighted by molar-refractivity contribution is 5.99. The number of carbonyl (C=O) groups excluding carboxylic acids is 1. The molecule has 0 bridgehead atoms. The van der Waals surface area contributed by atoms with Crippen LogP contribution in [-0.2, 0) is 4.79 Å². The second kappa shape index (κ2) is 2.64. The molecular formula is C7H10O4. The largest absolute Gasteiger partial charge is 0.509 e. The maximum Gasteiger partial charge on any atom is 0.190 e. The van der Waals surface area contributed by atoms with E-state index in [9.17, 15) is 4.79 Å². The lowest BCUT2D eigenvalue weighted by Gasteiger charge is -2.21. The van der Waals surface area contributed by atoms with Crippen LogP contribution in [0.4, 0.5) is 0 Å². The summed E-state index contributed by atoms with van der Waals surface area (Å²) in [6, 6.07) is 0. The van der Waals surface area contributed by atoms with Gasteiger partial charge in [-0.05, 0) is 6.92 Å². The van der Waals surface area contributed by atoms with Crippen LogP contribution in [-0.4, -0.2) is 33.3 Å². The van der Waals surface area contributed by atoms with E-state index in [-0.39, 0.29) is 17.8 Å². The first-order valence-corrected chi connectivity index (χ1v) is 3.34. The van der Waals surface area contributed by atoms with E-state index in [0.717, 1.165) is 0 Å². The number of hydrogen-bond donors (Lipinski definition) is 3. The zero-order chi connectivity index (χ0) is 8.59. The van der Waals surface area contributed by atoms with Gasteiger partial charge in [-0.3, -0.25) is 4.79 Å². The minimum absolute atomic E-state index is 0.0521. The molecule has 4 nitrogen and oxygen atoms in total. The molecule has 0 fully saturated rings. The Labute approximate surface area is 63.8 Å². The van der Waals surface area contributed by atoms with Crippen LogP contribution in [0, 0.1) is 0 Å². The molecule has 0 amide bonds. The molecule has 62 valence electrons. The molecule has 0 aromatic heterocycles. The van der Waals surface area contributed by atoms with E-state index < -0.39 is 18.0 Å². The summed E-state index contributed by atoms with van der Waals surface area (Å²) in [6.07, 6.45) is -2.37. The lowest BCUT2D eigenvalue weighted by molar-refractivity contribution is -0.126.